The normalized spacial score (nSPS) is 38.2. The molecule has 12 atom stereocenters. The number of nitro groups is 1. The van der Waals surface area contributed by atoms with Gasteiger partial charge in [0.05, 0.1) is 23.6 Å². The number of nitro benzene ring substituents is 1. The minimum Gasteiger partial charge on any atom is -0.466 e. The number of aliphatic hydroxyl groups is 3. The van der Waals surface area contributed by atoms with Crippen LogP contribution in [-0.2, 0) is 35.1 Å². The van der Waals surface area contributed by atoms with Gasteiger partial charge >= 0.3 is 5.97 Å². The first-order chi connectivity index (χ1) is 20.7. The number of ether oxygens (including phenoxy) is 5. The highest BCUT2D eigenvalue weighted by molar-refractivity contribution is 5.78. The largest absolute Gasteiger partial charge is 0.466 e. The Morgan fingerprint density at radius 3 is 2.32 bits per heavy atom. The molecule has 1 saturated heterocycles. The average molecular weight is 627 g/mol. The molecule has 2 heterocycles. The molecular weight excluding hydrogens is 584 g/mol. The standard InChI is InChI=1S/C27H42N6O11/c1-27(37)11-41-26(20(35)23(27)32-2)44-22-16(30)9-15(29)21(19(22)34)43-25-14(28)7-8-17(42-25)18(31)24(36)40-10-12-3-5-13(6-4-12)33(38)39/h3-6,8,14-16,18-23,25-26,32,34-35,37H,7,9-11,28-31H2,1-2H3/t14-,15+,16-,18?,19+,20-,21-,22+,23-,25-,26-,27+/m1/s1. The number of nitrogens with zero attached hydrogens (tertiary/aromatic N) is 1. The van der Waals surface area contributed by atoms with Gasteiger partial charge in [0.15, 0.2) is 12.3 Å². The van der Waals surface area contributed by atoms with Crippen LogP contribution in [0, 0.1) is 10.1 Å². The number of likely N-dealkylation sites (N-methyl/N-ethyl adjacent to an activating group) is 1. The van der Waals surface area contributed by atoms with E-state index in [0.29, 0.717) is 5.56 Å². The Balaban J connectivity index is 1.36. The minimum atomic E-state index is -1.40. The van der Waals surface area contributed by atoms with E-state index in [4.69, 9.17) is 46.6 Å². The van der Waals surface area contributed by atoms with Crippen LogP contribution in [0.3, 0.4) is 0 Å². The maximum absolute atomic E-state index is 12.7. The van der Waals surface area contributed by atoms with Gasteiger partial charge in [-0.15, -0.1) is 0 Å². The van der Waals surface area contributed by atoms with E-state index in [9.17, 15) is 30.2 Å². The zero-order chi connectivity index (χ0) is 32.3. The maximum Gasteiger partial charge on any atom is 0.331 e. The number of hydrogen-bond acceptors (Lipinski definition) is 16. The van der Waals surface area contributed by atoms with Gasteiger partial charge in [-0.2, -0.15) is 0 Å². The molecule has 17 heteroatoms. The third-order valence-electron chi connectivity index (χ3n) is 8.07. The highest BCUT2D eigenvalue weighted by atomic mass is 16.7. The summed E-state index contributed by atoms with van der Waals surface area (Å²) in [5.74, 6) is -0.778. The van der Waals surface area contributed by atoms with E-state index in [-0.39, 0.29) is 37.5 Å². The van der Waals surface area contributed by atoms with Crippen molar-refractivity contribution >= 4 is 11.7 Å². The molecule has 0 spiro atoms. The van der Waals surface area contributed by atoms with Crippen LogP contribution in [0.4, 0.5) is 5.69 Å². The molecule has 44 heavy (non-hydrogen) atoms. The smallest absolute Gasteiger partial charge is 0.331 e. The lowest BCUT2D eigenvalue weighted by Crippen LogP contribution is -2.68. The molecule has 1 aromatic rings. The second kappa shape index (κ2) is 14.1. The molecule has 17 nitrogen and oxygen atoms in total. The zero-order valence-electron chi connectivity index (χ0n) is 24.4. The van der Waals surface area contributed by atoms with Gasteiger partial charge in [-0.25, -0.2) is 4.79 Å². The number of hydrogen-bond donors (Lipinski definition) is 8. The van der Waals surface area contributed by atoms with Crippen LogP contribution in [0.2, 0.25) is 0 Å². The summed E-state index contributed by atoms with van der Waals surface area (Å²) in [7, 11) is 1.58. The predicted octanol–water partition coefficient (Wildman–Crippen LogP) is -2.83. The Hall–Kier alpha value is -2.81. The molecule has 1 unspecified atom stereocenters. The summed E-state index contributed by atoms with van der Waals surface area (Å²) < 4.78 is 28.6. The molecule has 1 saturated carbocycles. The van der Waals surface area contributed by atoms with Crippen molar-refractivity contribution in [2.24, 2.45) is 22.9 Å². The van der Waals surface area contributed by atoms with Crippen molar-refractivity contribution in [2.45, 2.75) is 99.2 Å². The summed E-state index contributed by atoms with van der Waals surface area (Å²) >= 11 is 0. The fourth-order valence-corrected chi connectivity index (χ4v) is 5.55. The Morgan fingerprint density at radius 2 is 1.73 bits per heavy atom. The Kier molecular flexibility index (Phi) is 10.9. The molecule has 4 rings (SSSR count). The van der Waals surface area contributed by atoms with Crippen molar-refractivity contribution in [1.29, 1.82) is 0 Å². The second-order valence-electron chi connectivity index (χ2n) is 11.6. The molecule has 3 aliphatic rings. The van der Waals surface area contributed by atoms with Gasteiger partial charge in [0.25, 0.3) is 5.69 Å². The summed E-state index contributed by atoms with van der Waals surface area (Å²) in [6.45, 7) is 1.20. The molecule has 0 bridgehead atoms. The van der Waals surface area contributed by atoms with E-state index >= 15 is 0 Å². The van der Waals surface area contributed by atoms with Crippen molar-refractivity contribution in [3.8, 4) is 0 Å². The van der Waals surface area contributed by atoms with Gasteiger partial charge in [-0.1, -0.05) is 0 Å². The first kappa shape index (κ1) is 34.1. The van der Waals surface area contributed by atoms with Gasteiger partial charge in [-0.3, -0.25) is 10.1 Å². The van der Waals surface area contributed by atoms with Crippen molar-refractivity contribution in [3.63, 3.8) is 0 Å². The fourth-order valence-electron chi connectivity index (χ4n) is 5.55. The number of benzene rings is 1. The van der Waals surface area contributed by atoms with Crippen LogP contribution in [0.15, 0.2) is 36.1 Å². The minimum absolute atomic E-state index is 0.0395. The van der Waals surface area contributed by atoms with Crippen molar-refractivity contribution in [1.82, 2.24) is 5.32 Å². The van der Waals surface area contributed by atoms with E-state index in [1.807, 2.05) is 0 Å². The quantitative estimate of drug-likeness (QED) is 0.0737. The highest BCUT2D eigenvalue weighted by Crippen LogP contribution is 2.31. The number of aliphatic hydroxyl groups excluding tert-OH is 2. The average Bonchev–Trinajstić information content (AvgIpc) is 2.97. The van der Waals surface area contributed by atoms with Crippen molar-refractivity contribution in [3.05, 3.63) is 51.8 Å². The fraction of sp³-hybridized carbons (Fsp3) is 0.667. The Labute approximate surface area is 253 Å². The van der Waals surface area contributed by atoms with E-state index in [1.165, 1.54) is 37.3 Å². The van der Waals surface area contributed by atoms with Gasteiger partial charge < -0.3 is 67.3 Å². The highest BCUT2D eigenvalue weighted by Gasteiger charge is 2.51. The number of nitrogens with one attached hydrogen (secondary N) is 1. The van der Waals surface area contributed by atoms with Crippen molar-refractivity contribution in [2.75, 3.05) is 13.7 Å². The maximum atomic E-state index is 12.7. The topological polar surface area (TPSA) is 283 Å². The second-order valence-corrected chi connectivity index (χ2v) is 11.6. The number of carbonyl (C=O) groups is 1. The number of esters is 1. The summed E-state index contributed by atoms with van der Waals surface area (Å²) in [6, 6.07) is 1.18. The van der Waals surface area contributed by atoms with E-state index < -0.39 is 83.7 Å². The van der Waals surface area contributed by atoms with Gasteiger partial charge in [0.2, 0.25) is 6.29 Å². The van der Waals surface area contributed by atoms with Crippen LogP contribution in [0.25, 0.3) is 0 Å². The molecule has 12 N–H and O–H groups in total. The SMILES string of the molecule is CN[C@@H]1[C@@H](O)[C@@H](O[C@@H]2[C@@H](O)[C@H](O[C@H]3OC(C(N)C(=O)OCc4ccc([N+](=O)[O-])cc4)=CC[C@H]3N)[C@@H](N)C[C@H]2N)OC[C@]1(C)O. The predicted molar refractivity (Wildman–Crippen MR) is 152 cm³/mol. The van der Waals surface area contributed by atoms with Gasteiger partial charge in [0.1, 0.15) is 42.4 Å². The lowest BCUT2D eigenvalue weighted by atomic mass is 9.84. The Morgan fingerprint density at radius 1 is 1.11 bits per heavy atom. The van der Waals surface area contributed by atoms with E-state index in [2.05, 4.69) is 5.32 Å². The summed E-state index contributed by atoms with van der Waals surface area (Å²) in [6.07, 6.45) is -5.30. The molecule has 0 amide bonds. The first-order valence-electron chi connectivity index (χ1n) is 14.2. The molecule has 2 fully saturated rings. The monoisotopic (exact) mass is 626 g/mol. The lowest BCUT2D eigenvalue weighted by Gasteiger charge is -2.48. The van der Waals surface area contributed by atoms with Crippen LogP contribution in [-0.4, -0.2) is 113 Å². The van der Waals surface area contributed by atoms with Gasteiger partial charge in [-0.05, 0) is 50.6 Å². The molecule has 1 aromatic carbocycles. The van der Waals surface area contributed by atoms with Crippen LogP contribution < -0.4 is 28.3 Å². The number of nitrogens with two attached hydrogens (primary N) is 4. The number of non-ortho nitro benzene ring substituents is 1. The van der Waals surface area contributed by atoms with Crippen LogP contribution in [0.1, 0.15) is 25.3 Å². The molecule has 246 valence electrons. The van der Waals surface area contributed by atoms with Crippen molar-refractivity contribution < 1.29 is 48.7 Å². The zero-order valence-corrected chi connectivity index (χ0v) is 24.4. The van der Waals surface area contributed by atoms with E-state index in [1.54, 1.807) is 7.05 Å². The molecule has 1 aliphatic carbocycles. The third-order valence-corrected chi connectivity index (χ3v) is 8.07. The van der Waals surface area contributed by atoms with E-state index in [0.717, 1.165) is 0 Å². The Bertz CT molecular complexity index is 1190. The molecular formula is C27H42N6O11. The van der Waals surface area contributed by atoms with Gasteiger partial charge in [0, 0.05) is 24.2 Å². The summed E-state index contributed by atoms with van der Waals surface area (Å²) in [5, 5.41) is 46.2. The van der Waals surface area contributed by atoms with Crippen LogP contribution in [0.5, 0.6) is 0 Å². The van der Waals surface area contributed by atoms with Crippen LogP contribution >= 0.6 is 0 Å². The lowest BCUT2D eigenvalue weighted by molar-refractivity contribution is -0.384. The number of carbonyl (C=O) groups excluding carboxylic acids is 1. The summed E-state index contributed by atoms with van der Waals surface area (Å²) in [4.78, 5) is 22.9. The first-order valence-corrected chi connectivity index (χ1v) is 14.2. The third kappa shape index (κ3) is 7.52. The number of rotatable bonds is 10. The summed E-state index contributed by atoms with van der Waals surface area (Å²) in [5.41, 5.74) is 23.9. The molecule has 0 aromatic heterocycles. The molecule has 2 aliphatic heterocycles. The molecule has 0 radical (unpaired) electrons.